The zero-order valence-corrected chi connectivity index (χ0v) is 10.6. The average Bonchev–Trinajstić information content (AvgIpc) is 2.28. The summed E-state index contributed by atoms with van der Waals surface area (Å²) in [6.07, 6.45) is 1.10. The van der Waals surface area contributed by atoms with Crippen LogP contribution in [0.5, 0.6) is 0 Å². The van der Waals surface area contributed by atoms with Crippen molar-refractivity contribution in [3.05, 3.63) is 35.9 Å². The summed E-state index contributed by atoms with van der Waals surface area (Å²) in [5, 5.41) is 3.51. The molecule has 16 heavy (non-hydrogen) atoms. The highest BCUT2D eigenvalue weighted by molar-refractivity contribution is 5.18. The van der Waals surface area contributed by atoms with Gasteiger partial charge in [0.25, 0.3) is 0 Å². The summed E-state index contributed by atoms with van der Waals surface area (Å²) in [4.78, 5) is 0. The van der Waals surface area contributed by atoms with E-state index in [1.807, 2.05) is 0 Å². The lowest BCUT2D eigenvalue weighted by molar-refractivity contribution is 0.422. The van der Waals surface area contributed by atoms with Crippen molar-refractivity contribution in [1.82, 2.24) is 5.32 Å². The Labute approximate surface area is 99.2 Å². The molecule has 1 rings (SSSR count). The van der Waals surface area contributed by atoms with Crippen molar-refractivity contribution < 1.29 is 0 Å². The van der Waals surface area contributed by atoms with Crippen molar-refractivity contribution in [2.45, 2.75) is 45.2 Å². The zero-order valence-electron chi connectivity index (χ0n) is 10.6. The molecule has 0 aliphatic carbocycles. The van der Waals surface area contributed by atoms with Gasteiger partial charge in [-0.25, -0.2) is 0 Å². The minimum absolute atomic E-state index is 0.412. The molecule has 2 unspecified atom stereocenters. The van der Waals surface area contributed by atoms with E-state index in [4.69, 9.17) is 5.73 Å². The van der Waals surface area contributed by atoms with Gasteiger partial charge in [-0.3, -0.25) is 0 Å². The zero-order chi connectivity index (χ0) is 12.0. The molecule has 0 aromatic heterocycles. The quantitative estimate of drug-likeness (QED) is 0.773. The minimum atomic E-state index is 0.412. The lowest BCUT2D eigenvalue weighted by Gasteiger charge is -2.23. The second kappa shape index (κ2) is 6.66. The van der Waals surface area contributed by atoms with E-state index >= 15 is 0 Å². The van der Waals surface area contributed by atoms with Crippen LogP contribution in [0.15, 0.2) is 30.3 Å². The van der Waals surface area contributed by atoms with Gasteiger partial charge in [0.1, 0.15) is 0 Å². The van der Waals surface area contributed by atoms with Crippen molar-refractivity contribution in [2.75, 3.05) is 6.54 Å². The molecule has 90 valence electrons. The van der Waals surface area contributed by atoms with E-state index in [-0.39, 0.29) is 0 Å². The SMILES string of the molecule is CC(C)NC(CN)CC(C)c1ccccc1. The average molecular weight is 220 g/mol. The molecule has 0 saturated carbocycles. The van der Waals surface area contributed by atoms with E-state index < -0.39 is 0 Å². The summed E-state index contributed by atoms with van der Waals surface area (Å²) in [6, 6.07) is 11.5. The van der Waals surface area contributed by atoms with Crippen molar-refractivity contribution in [2.24, 2.45) is 5.73 Å². The predicted octanol–water partition coefficient (Wildman–Crippen LogP) is 2.51. The number of benzene rings is 1. The van der Waals surface area contributed by atoms with Crippen LogP contribution in [0.2, 0.25) is 0 Å². The smallest absolute Gasteiger partial charge is 0.0198 e. The number of hydrogen-bond acceptors (Lipinski definition) is 2. The summed E-state index contributed by atoms with van der Waals surface area (Å²) < 4.78 is 0. The number of nitrogens with one attached hydrogen (secondary N) is 1. The number of hydrogen-bond donors (Lipinski definition) is 2. The molecule has 0 amide bonds. The molecule has 0 heterocycles. The molecule has 0 radical (unpaired) electrons. The molecule has 2 heteroatoms. The van der Waals surface area contributed by atoms with E-state index in [1.165, 1.54) is 5.56 Å². The van der Waals surface area contributed by atoms with Gasteiger partial charge in [0.05, 0.1) is 0 Å². The molecule has 0 spiro atoms. The monoisotopic (exact) mass is 220 g/mol. The normalized spacial score (nSPS) is 15.1. The van der Waals surface area contributed by atoms with Crippen molar-refractivity contribution in [3.8, 4) is 0 Å². The number of rotatable bonds is 6. The third-order valence-electron chi connectivity index (χ3n) is 2.86. The molecule has 1 aromatic rings. The molecule has 3 N–H and O–H groups in total. The third kappa shape index (κ3) is 4.33. The Balaban J connectivity index is 2.52. The Hall–Kier alpha value is -0.860. The van der Waals surface area contributed by atoms with Gasteiger partial charge in [0, 0.05) is 18.6 Å². The van der Waals surface area contributed by atoms with Gasteiger partial charge in [-0.1, -0.05) is 51.1 Å². The van der Waals surface area contributed by atoms with Gasteiger partial charge in [0.2, 0.25) is 0 Å². The predicted molar refractivity (Wildman–Crippen MR) is 70.6 cm³/mol. The van der Waals surface area contributed by atoms with Gasteiger partial charge in [-0.15, -0.1) is 0 Å². The molecule has 0 aliphatic rings. The van der Waals surface area contributed by atoms with Crippen molar-refractivity contribution in [1.29, 1.82) is 0 Å². The van der Waals surface area contributed by atoms with E-state index in [9.17, 15) is 0 Å². The second-order valence-electron chi connectivity index (χ2n) is 4.80. The van der Waals surface area contributed by atoms with Gasteiger partial charge >= 0.3 is 0 Å². The fourth-order valence-corrected chi connectivity index (χ4v) is 2.05. The van der Waals surface area contributed by atoms with E-state index in [0.717, 1.165) is 6.42 Å². The van der Waals surface area contributed by atoms with Gasteiger partial charge in [-0.05, 0) is 17.9 Å². The fourth-order valence-electron chi connectivity index (χ4n) is 2.05. The number of nitrogens with two attached hydrogens (primary N) is 1. The van der Waals surface area contributed by atoms with Crippen LogP contribution in [0.1, 0.15) is 38.7 Å². The molecular weight excluding hydrogens is 196 g/mol. The van der Waals surface area contributed by atoms with Crippen LogP contribution in [0.25, 0.3) is 0 Å². The highest BCUT2D eigenvalue weighted by Crippen LogP contribution is 2.20. The molecule has 0 aliphatic heterocycles. The van der Waals surface area contributed by atoms with Crippen LogP contribution in [0.3, 0.4) is 0 Å². The van der Waals surface area contributed by atoms with Gasteiger partial charge in [-0.2, -0.15) is 0 Å². The van der Waals surface area contributed by atoms with Crippen LogP contribution in [-0.4, -0.2) is 18.6 Å². The van der Waals surface area contributed by atoms with E-state index in [2.05, 4.69) is 56.4 Å². The summed E-state index contributed by atoms with van der Waals surface area (Å²) in [5.41, 5.74) is 7.18. The largest absolute Gasteiger partial charge is 0.329 e. The lowest BCUT2D eigenvalue weighted by Crippen LogP contribution is -2.41. The Kier molecular flexibility index (Phi) is 5.50. The van der Waals surface area contributed by atoms with E-state index in [1.54, 1.807) is 0 Å². The van der Waals surface area contributed by atoms with Crippen LogP contribution in [0, 0.1) is 0 Å². The second-order valence-corrected chi connectivity index (χ2v) is 4.80. The molecule has 0 fully saturated rings. The Bertz CT molecular complexity index is 282. The molecular formula is C14H24N2. The Morgan fingerprint density at radius 3 is 2.25 bits per heavy atom. The molecule has 0 saturated heterocycles. The first-order valence-corrected chi connectivity index (χ1v) is 6.14. The summed E-state index contributed by atoms with van der Waals surface area (Å²) >= 11 is 0. The maximum atomic E-state index is 5.78. The minimum Gasteiger partial charge on any atom is -0.329 e. The topological polar surface area (TPSA) is 38.0 Å². The summed E-state index contributed by atoms with van der Waals surface area (Å²) in [6.45, 7) is 7.29. The van der Waals surface area contributed by atoms with Gasteiger partial charge in [0.15, 0.2) is 0 Å². The van der Waals surface area contributed by atoms with E-state index in [0.29, 0.717) is 24.5 Å². The summed E-state index contributed by atoms with van der Waals surface area (Å²) in [5.74, 6) is 0.556. The highest BCUT2D eigenvalue weighted by Gasteiger charge is 2.13. The van der Waals surface area contributed by atoms with Crippen molar-refractivity contribution in [3.63, 3.8) is 0 Å². The van der Waals surface area contributed by atoms with Gasteiger partial charge < -0.3 is 11.1 Å². The summed E-state index contributed by atoms with van der Waals surface area (Å²) in [7, 11) is 0. The maximum absolute atomic E-state index is 5.78. The molecule has 1 aromatic carbocycles. The van der Waals surface area contributed by atoms with Crippen LogP contribution in [-0.2, 0) is 0 Å². The lowest BCUT2D eigenvalue weighted by atomic mass is 9.93. The molecule has 0 bridgehead atoms. The first kappa shape index (κ1) is 13.2. The first-order valence-electron chi connectivity index (χ1n) is 6.14. The van der Waals surface area contributed by atoms with Crippen LogP contribution < -0.4 is 11.1 Å². The fraction of sp³-hybridized carbons (Fsp3) is 0.571. The van der Waals surface area contributed by atoms with Crippen molar-refractivity contribution >= 4 is 0 Å². The standard InChI is InChI=1S/C14H24N2/c1-11(2)16-14(10-15)9-12(3)13-7-5-4-6-8-13/h4-8,11-12,14,16H,9-10,15H2,1-3H3. The maximum Gasteiger partial charge on any atom is 0.0198 e. The Morgan fingerprint density at radius 1 is 1.12 bits per heavy atom. The Morgan fingerprint density at radius 2 is 1.75 bits per heavy atom. The van der Waals surface area contributed by atoms with Crippen LogP contribution in [0.4, 0.5) is 0 Å². The first-order chi connectivity index (χ1) is 7.63. The molecule has 2 nitrogen and oxygen atoms in total. The van der Waals surface area contributed by atoms with Crippen LogP contribution >= 0.6 is 0 Å². The highest BCUT2D eigenvalue weighted by atomic mass is 15.0. The molecule has 2 atom stereocenters. The third-order valence-corrected chi connectivity index (χ3v) is 2.86.